The summed E-state index contributed by atoms with van der Waals surface area (Å²) in [6.45, 7) is 1.46. The van der Waals surface area contributed by atoms with Crippen LogP contribution in [0.25, 0.3) is 0 Å². The molecule has 1 atom stereocenters. The highest BCUT2D eigenvalue weighted by atomic mass is 32.2. The molecule has 1 amide bonds. The van der Waals surface area contributed by atoms with Crippen LogP contribution in [-0.4, -0.2) is 60.3 Å². The zero-order valence-corrected chi connectivity index (χ0v) is 16.8. The average molecular weight is 418 g/mol. The number of benzene rings is 1. The number of anilines is 1. The van der Waals surface area contributed by atoms with Gasteiger partial charge in [-0.2, -0.15) is 0 Å². The van der Waals surface area contributed by atoms with Gasteiger partial charge < -0.3 is 9.80 Å². The van der Waals surface area contributed by atoms with Crippen LogP contribution in [0.15, 0.2) is 42.7 Å². The van der Waals surface area contributed by atoms with E-state index in [1.807, 2.05) is 11.0 Å². The molecule has 1 aromatic heterocycles. The van der Waals surface area contributed by atoms with Gasteiger partial charge in [-0.1, -0.05) is 12.1 Å². The number of sulfone groups is 1. The van der Waals surface area contributed by atoms with Gasteiger partial charge in [-0.25, -0.2) is 22.8 Å². The molecule has 2 fully saturated rings. The van der Waals surface area contributed by atoms with E-state index in [2.05, 4.69) is 9.97 Å². The fraction of sp³-hybridized carbons (Fsp3) is 0.450. The van der Waals surface area contributed by atoms with Gasteiger partial charge in [-0.15, -0.1) is 0 Å². The van der Waals surface area contributed by atoms with E-state index < -0.39 is 9.84 Å². The number of piperazine rings is 1. The van der Waals surface area contributed by atoms with Gasteiger partial charge in [0.05, 0.1) is 17.5 Å². The number of rotatable bonds is 3. The predicted octanol–water partition coefficient (Wildman–Crippen LogP) is 1.83. The Bertz CT molecular complexity index is 972. The summed E-state index contributed by atoms with van der Waals surface area (Å²) in [5, 5.41) is 0. The number of halogens is 1. The van der Waals surface area contributed by atoms with Crippen molar-refractivity contribution in [3.05, 3.63) is 54.1 Å². The number of aromatic nitrogens is 2. The van der Waals surface area contributed by atoms with E-state index in [0.717, 1.165) is 0 Å². The van der Waals surface area contributed by atoms with E-state index in [-0.39, 0.29) is 35.2 Å². The average Bonchev–Trinajstić information content (AvgIpc) is 2.73. The molecule has 3 heterocycles. The summed E-state index contributed by atoms with van der Waals surface area (Å²) in [4.78, 5) is 25.6. The lowest BCUT2D eigenvalue weighted by molar-refractivity contribution is -0.138. The summed E-state index contributed by atoms with van der Waals surface area (Å²) >= 11 is 0. The molecule has 1 aromatic carbocycles. The van der Waals surface area contributed by atoms with Crippen molar-refractivity contribution in [2.45, 2.75) is 18.9 Å². The minimum atomic E-state index is -3.04. The number of carbonyl (C=O) groups is 1. The number of carbonyl (C=O) groups excluding carboxylic acids is 1. The van der Waals surface area contributed by atoms with Gasteiger partial charge >= 0.3 is 0 Å². The summed E-state index contributed by atoms with van der Waals surface area (Å²) in [6, 6.07) is 7.67. The van der Waals surface area contributed by atoms with Crippen LogP contribution in [0.2, 0.25) is 0 Å². The zero-order chi connectivity index (χ0) is 20.4. The minimum absolute atomic E-state index is 0.0475. The molecule has 4 rings (SSSR count). The zero-order valence-electron chi connectivity index (χ0n) is 15.9. The van der Waals surface area contributed by atoms with E-state index in [1.54, 1.807) is 29.4 Å². The Morgan fingerprint density at radius 2 is 1.79 bits per heavy atom. The lowest BCUT2D eigenvalue weighted by Crippen LogP contribution is -2.53. The Balaban J connectivity index is 1.59. The second-order valence-electron chi connectivity index (χ2n) is 7.52. The Morgan fingerprint density at radius 1 is 1.07 bits per heavy atom. The first-order valence-electron chi connectivity index (χ1n) is 9.71. The van der Waals surface area contributed by atoms with Crippen LogP contribution in [-0.2, 0) is 14.6 Å². The van der Waals surface area contributed by atoms with Gasteiger partial charge in [0.1, 0.15) is 15.7 Å². The van der Waals surface area contributed by atoms with Gasteiger partial charge in [0.25, 0.3) is 0 Å². The van der Waals surface area contributed by atoms with Crippen LogP contribution in [0.4, 0.5) is 10.3 Å². The molecule has 2 aromatic rings. The molecular weight excluding hydrogens is 395 g/mol. The van der Waals surface area contributed by atoms with Crippen LogP contribution in [0.1, 0.15) is 24.4 Å². The fourth-order valence-corrected chi connectivity index (χ4v) is 5.54. The molecule has 0 N–H and O–H groups in total. The van der Waals surface area contributed by atoms with E-state index in [1.165, 1.54) is 12.1 Å². The summed E-state index contributed by atoms with van der Waals surface area (Å²) in [6.07, 6.45) is 4.02. The third kappa shape index (κ3) is 4.39. The van der Waals surface area contributed by atoms with Crippen molar-refractivity contribution in [2.24, 2.45) is 5.92 Å². The molecule has 0 aliphatic carbocycles. The first-order chi connectivity index (χ1) is 13.9. The second kappa shape index (κ2) is 8.06. The van der Waals surface area contributed by atoms with Crippen molar-refractivity contribution < 1.29 is 17.6 Å². The maximum Gasteiger partial charge on any atom is 0.226 e. The summed E-state index contributed by atoms with van der Waals surface area (Å²) in [5.74, 6) is -0.0500. The lowest BCUT2D eigenvalue weighted by atomic mass is 9.96. The summed E-state index contributed by atoms with van der Waals surface area (Å²) < 4.78 is 37.4. The first-order valence-corrected chi connectivity index (χ1v) is 11.5. The highest BCUT2D eigenvalue weighted by Crippen LogP contribution is 2.31. The molecule has 7 nitrogen and oxygen atoms in total. The topological polar surface area (TPSA) is 83.5 Å². The molecule has 0 spiro atoms. The fourth-order valence-electron chi connectivity index (χ4n) is 4.05. The molecule has 154 valence electrons. The number of hydrogen-bond acceptors (Lipinski definition) is 6. The van der Waals surface area contributed by atoms with E-state index >= 15 is 0 Å². The molecule has 0 radical (unpaired) electrons. The summed E-state index contributed by atoms with van der Waals surface area (Å²) in [5.41, 5.74) is 0.711. The van der Waals surface area contributed by atoms with Crippen molar-refractivity contribution in [1.29, 1.82) is 0 Å². The molecule has 2 aliphatic rings. The number of nitrogens with zero attached hydrogens (tertiary/aromatic N) is 4. The normalized spacial score (nSPS) is 22.4. The first kappa shape index (κ1) is 19.8. The predicted molar refractivity (Wildman–Crippen MR) is 106 cm³/mol. The van der Waals surface area contributed by atoms with Crippen molar-refractivity contribution in [3.63, 3.8) is 0 Å². The van der Waals surface area contributed by atoms with Gasteiger partial charge in [0.15, 0.2) is 0 Å². The Labute approximate surface area is 169 Å². The third-order valence-corrected chi connectivity index (χ3v) is 7.35. The van der Waals surface area contributed by atoms with Gasteiger partial charge in [-0.3, -0.25) is 4.79 Å². The van der Waals surface area contributed by atoms with E-state index in [0.29, 0.717) is 44.0 Å². The molecule has 1 unspecified atom stereocenters. The largest absolute Gasteiger partial charge is 0.337 e. The highest BCUT2D eigenvalue weighted by molar-refractivity contribution is 7.91. The second-order valence-corrected chi connectivity index (χ2v) is 9.83. The summed E-state index contributed by atoms with van der Waals surface area (Å²) in [7, 11) is -3.04. The minimum Gasteiger partial charge on any atom is -0.337 e. The molecule has 9 heteroatoms. The van der Waals surface area contributed by atoms with E-state index in [9.17, 15) is 17.6 Å². The number of amides is 1. The monoisotopic (exact) mass is 418 g/mol. The van der Waals surface area contributed by atoms with Crippen LogP contribution in [0.3, 0.4) is 0 Å². The highest BCUT2D eigenvalue weighted by Gasteiger charge is 2.37. The molecule has 0 bridgehead atoms. The van der Waals surface area contributed by atoms with Crippen LogP contribution < -0.4 is 4.90 Å². The van der Waals surface area contributed by atoms with Crippen molar-refractivity contribution in [2.75, 3.05) is 36.0 Å². The van der Waals surface area contributed by atoms with Crippen LogP contribution in [0, 0.1) is 11.7 Å². The smallest absolute Gasteiger partial charge is 0.226 e. The van der Waals surface area contributed by atoms with Crippen LogP contribution >= 0.6 is 0 Å². The lowest BCUT2D eigenvalue weighted by Gasteiger charge is -2.43. The third-order valence-electron chi connectivity index (χ3n) is 5.64. The maximum absolute atomic E-state index is 13.9. The molecular formula is C20H23FN4O3S. The van der Waals surface area contributed by atoms with Crippen LogP contribution in [0.5, 0.6) is 0 Å². The maximum atomic E-state index is 13.9. The Hall–Kier alpha value is -2.55. The van der Waals surface area contributed by atoms with Crippen molar-refractivity contribution in [1.82, 2.24) is 14.9 Å². The Morgan fingerprint density at radius 3 is 2.48 bits per heavy atom. The Kier molecular flexibility index (Phi) is 5.49. The van der Waals surface area contributed by atoms with Gasteiger partial charge in [-0.05, 0) is 36.6 Å². The van der Waals surface area contributed by atoms with Crippen molar-refractivity contribution in [3.8, 4) is 0 Å². The van der Waals surface area contributed by atoms with Crippen molar-refractivity contribution >= 4 is 21.7 Å². The molecule has 0 saturated carbocycles. The quantitative estimate of drug-likeness (QED) is 0.756. The molecule has 2 saturated heterocycles. The molecule has 2 aliphatic heterocycles. The SMILES string of the molecule is O=C(C1CCS(=O)(=O)CC1)N1CCN(c2ncccn2)CC1c1cccc(F)c1. The van der Waals surface area contributed by atoms with E-state index in [4.69, 9.17) is 0 Å². The standard InChI is InChI=1S/C20H23FN4O3S/c21-17-4-1-3-16(13-17)18-14-24(20-22-7-2-8-23-20)9-10-25(18)19(26)15-5-11-29(27,28)12-6-15/h1-4,7-8,13,15,18H,5-6,9-12,14H2. The molecule has 29 heavy (non-hydrogen) atoms. The van der Waals surface area contributed by atoms with Gasteiger partial charge in [0, 0.05) is 37.9 Å². The van der Waals surface area contributed by atoms with Gasteiger partial charge in [0.2, 0.25) is 11.9 Å². The number of hydrogen-bond donors (Lipinski definition) is 0.